The topological polar surface area (TPSA) is 81.1 Å². The van der Waals surface area contributed by atoms with Crippen molar-refractivity contribution in [1.82, 2.24) is 24.5 Å². The molecule has 6 aromatic rings. The van der Waals surface area contributed by atoms with Crippen LogP contribution < -0.4 is 14.4 Å². The average Bonchev–Trinajstić information content (AvgIpc) is 3.69. The van der Waals surface area contributed by atoms with Crippen molar-refractivity contribution in [2.45, 2.75) is 6.42 Å². The Labute approximate surface area is 232 Å². The Bertz CT molecular complexity index is 1710. The molecule has 6 rings (SSSR count). The number of imidazole rings is 2. The minimum Gasteiger partial charge on any atom is -0.494 e. The van der Waals surface area contributed by atoms with E-state index < -0.39 is 0 Å². The third kappa shape index (κ3) is 4.87. The fraction of sp³-hybridized carbons (Fsp3) is 0.156. The van der Waals surface area contributed by atoms with Crippen molar-refractivity contribution in [3.05, 3.63) is 104 Å². The van der Waals surface area contributed by atoms with Crippen molar-refractivity contribution in [2.24, 2.45) is 0 Å². The standard InChI is InChI=1S/C32H30N6O2/c1-37(32-29(39-2)5-4-6-30(32)40-3)17-13-31-35-26-19-25(28(20-27(26)36-31)38-18-16-34-21-38)24-9-7-22(8-10-24)23-11-14-33-15-12-23/h4-12,14-16,18-21H,13,17H2,1-3H3,(H,35,36). The molecule has 0 aliphatic carbocycles. The van der Waals surface area contributed by atoms with Crippen LogP contribution in [0.25, 0.3) is 39.0 Å². The highest BCUT2D eigenvalue weighted by molar-refractivity contribution is 5.88. The number of likely N-dealkylation sites (N-methyl/N-ethyl adjacent to an activating group) is 1. The van der Waals surface area contributed by atoms with E-state index in [4.69, 9.17) is 14.5 Å². The van der Waals surface area contributed by atoms with Gasteiger partial charge in [-0.25, -0.2) is 9.97 Å². The van der Waals surface area contributed by atoms with Crippen LogP contribution in [0.4, 0.5) is 5.69 Å². The quantitative estimate of drug-likeness (QED) is 0.241. The number of methoxy groups -OCH3 is 2. The molecule has 0 saturated heterocycles. The largest absolute Gasteiger partial charge is 0.494 e. The molecule has 200 valence electrons. The van der Waals surface area contributed by atoms with Crippen LogP contribution in [0, 0.1) is 0 Å². The molecule has 40 heavy (non-hydrogen) atoms. The first-order valence-electron chi connectivity index (χ1n) is 13.1. The molecule has 8 nitrogen and oxygen atoms in total. The molecule has 3 heterocycles. The lowest BCUT2D eigenvalue weighted by molar-refractivity contribution is 0.394. The van der Waals surface area contributed by atoms with Crippen LogP contribution in [0.15, 0.2) is 97.8 Å². The minimum absolute atomic E-state index is 0.725. The Hall–Kier alpha value is -5.11. The molecule has 1 N–H and O–H groups in total. The summed E-state index contributed by atoms with van der Waals surface area (Å²) in [6.45, 7) is 0.730. The van der Waals surface area contributed by atoms with Crippen molar-refractivity contribution in [2.75, 3.05) is 32.7 Å². The number of pyridine rings is 1. The van der Waals surface area contributed by atoms with E-state index in [1.165, 1.54) is 0 Å². The Morgan fingerprint density at radius 1 is 0.825 bits per heavy atom. The number of benzene rings is 3. The number of fused-ring (bicyclic) bond motifs is 1. The molecule has 0 aliphatic heterocycles. The number of hydrogen-bond acceptors (Lipinski definition) is 6. The molecule has 0 atom stereocenters. The van der Waals surface area contributed by atoms with Gasteiger partial charge in [0.2, 0.25) is 0 Å². The summed E-state index contributed by atoms with van der Waals surface area (Å²) in [7, 11) is 5.38. The van der Waals surface area contributed by atoms with Crippen LogP contribution in [0.3, 0.4) is 0 Å². The van der Waals surface area contributed by atoms with Gasteiger partial charge in [0, 0.05) is 50.4 Å². The highest BCUT2D eigenvalue weighted by Gasteiger charge is 2.16. The summed E-state index contributed by atoms with van der Waals surface area (Å²) in [5.41, 5.74) is 8.34. The van der Waals surface area contributed by atoms with Crippen molar-refractivity contribution in [3.63, 3.8) is 0 Å². The maximum atomic E-state index is 5.59. The third-order valence-electron chi connectivity index (χ3n) is 7.11. The molecule has 0 amide bonds. The molecule has 0 fully saturated rings. The van der Waals surface area contributed by atoms with Gasteiger partial charge >= 0.3 is 0 Å². The van der Waals surface area contributed by atoms with E-state index in [2.05, 4.69) is 56.3 Å². The highest BCUT2D eigenvalue weighted by Crippen LogP contribution is 2.37. The van der Waals surface area contributed by atoms with Gasteiger partial charge in [0.1, 0.15) is 23.0 Å². The Morgan fingerprint density at radius 3 is 2.20 bits per heavy atom. The second-order valence-electron chi connectivity index (χ2n) is 9.54. The molecule has 0 aliphatic rings. The number of H-pyrrole nitrogens is 1. The number of para-hydroxylation sites is 1. The summed E-state index contributed by atoms with van der Waals surface area (Å²) in [6.07, 6.45) is 9.92. The molecule has 0 radical (unpaired) electrons. The predicted octanol–water partition coefficient (Wildman–Crippen LogP) is 6.17. The second-order valence-corrected chi connectivity index (χ2v) is 9.54. The lowest BCUT2D eigenvalue weighted by Crippen LogP contribution is -2.22. The number of anilines is 1. The van der Waals surface area contributed by atoms with Crippen LogP contribution >= 0.6 is 0 Å². The third-order valence-corrected chi connectivity index (χ3v) is 7.11. The van der Waals surface area contributed by atoms with Crippen LogP contribution in [0.5, 0.6) is 11.5 Å². The fourth-order valence-electron chi connectivity index (χ4n) is 5.04. The number of nitrogens with one attached hydrogen (secondary N) is 1. The smallest absolute Gasteiger partial charge is 0.145 e. The monoisotopic (exact) mass is 530 g/mol. The molecule has 0 spiro atoms. The Kier molecular flexibility index (Phi) is 6.89. The maximum absolute atomic E-state index is 5.59. The maximum Gasteiger partial charge on any atom is 0.145 e. The summed E-state index contributed by atoms with van der Waals surface area (Å²) in [5.74, 6) is 2.46. The van der Waals surface area contributed by atoms with E-state index >= 15 is 0 Å². The van der Waals surface area contributed by atoms with E-state index in [1.54, 1.807) is 20.4 Å². The van der Waals surface area contributed by atoms with Crippen molar-refractivity contribution >= 4 is 16.7 Å². The second kappa shape index (κ2) is 10.9. The van der Waals surface area contributed by atoms with Gasteiger partial charge in [0.15, 0.2) is 0 Å². The van der Waals surface area contributed by atoms with Gasteiger partial charge in [-0.3, -0.25) is 4.98 Å². The highest BCUT2D eigenvalue weighted by atomic mass is 16.5. The minimum atomic E-state index is 0.725. The predicted molar refractivity (Wildman–Crippen MR) is 158 cm³/mol. The summed E-state index contributed by atoms with van der Waals surface area (Å²) in [6, 6.07) is 22.8. The number of aromatic nitrogens is 5. The van der Waals surface area contributed by atoms with Gasteiger partial charge < -0.3 is 23.9 Å². The molecule has 0 bridgehead atoms. The molecule has 0 unspecified atom stereocenters. The van der Waals surface area contributed by atoms with Crippen LogP contribution in [0.2, 0.25) is 0 Å². The van der Waals surface area contributed by atoms with E-state index in [0.717, 1.165) is 75.0 Å². The number of rotatable bonds is 9. The SMILES string of the molecule is COc1cccc(OC)c1N(C)CCc1nc2cc(-n3ccnc3)c(-c3ccc(-c4ccncc4)cc3)cc2[nH]1. The average molecular weight is 531 g/mol. The van der Waals surface area contributed by atoms with E-state index in [-0.39, 0.29) is 0 Å². The molecular weight excluding hydrogens is 500 g/mol. The van der Waals surface area contributed by atoms with Crippen molar-refractivity contribution in [3.8, 4) is 39.4 Å². The zero-order valence-electron chi connectivity index (χ0n) is 22.7. The number of ether oxygens (including phenoxy) is 2. The number of nitrogens with zero attached hydrogens (tertiary/aromatic N) is 5. The van der Waals surface area contributed by atoms with Crippen LogP contribution in [-0.2, 0) is 6.42 Å². The first kappa shape index (κ1) is 25.2. The lowest BCUT2D eigenvalue weighted by atomic mass is 9.99. The van der Waals surface area contributed by atoms with Crippen molar-refractivity contribution < 1.29 is 9.47 Å². The van der Waals surface area contributed by atoms with Crippen molar-refractivity contribution in [1.29, 1.82) is 0 Å². The van der Waals surface area contributed by atoms with E-state index in [9.17, 15) is 0 Å². The zero-order valence-corrected chi connectivity index (χ0v) is 22.7. The van der Waals surface area contributed by atoms with Gasteiger partial charge in [0.05, 0.1) is 37.3 Å². The fourth-order valence-corrected chi connectivity index (χ4v) is 5.04. The van der Waals surface area contributed by atoms with E-state index in [0.29, 0.717) is 0 Å². The van der Waals surface area contributed by atoms with E-state index in [1.807, 2.05) is 66.9 Å². The normalized spacial score (nSPS) is 11.1. The van der Waals surface area contributed by atoms with Gasteiger partial charge in [0.25, 0.3) is 0 Å². The van der Waals surface area contributed by atoms with Gasteiger partial charge in [-0.05, 0) is 53.1 Å². The van der Waals surface area contributed by atoms with Crippen LogP contribution in [0.1, 0.15) is 5.82 Å². The molecular formula is C32H30N6O2. The van der Waals surface area contributed by atoms with Gasteiger partial charge in [-0.2, -0.15) is 0 Å². The summed E-state index contributed by atoms with van der Waals surface area (Å²) >= 11 is 0. The zero-order chi connectivity index (χ0) is 27.5. The number of hydrogen-bond donors (Lipinski definition) is 1. The molecule has 3 aromatic heterocycles. The summed E-state index contributed by atoms with van der Waals surface area (Å²) < 4.78 is 13.2. The first-order chi connectivity index (χ1) is 19.6. The van der Waals surface area contributed by atoms with Crippen LogP contribution in [-0.4, -0.2) is 52.3 Å². The van der Waals surface area contributed by atoms with Gasteiger partial charge in [-0.1, -0.05) is 30.3 Å². The Balaban J connectivity index is 1.32. The summed E-state index contributed by atoms with van der Waals surface area (Å²) in [5, 5.41) is 0. The molecule has 3 aromatic carbocycles. The number of aromatic amines is 1. The molecule has 0 saturated carbocycles. The summed E-state index contributed by atoms with van der Waals surface area (Å²) in [4.78, 5) is 19.0. The molecule has 8 heteroatoms. The lowest BCUT2D eigenvalue weighted by Gasteiger charge is -2.23. The Morgan fingerprint density at radius 2 is 1.52 bits per heavy atom. The van der Waals surface area contributed by atoms with Gasteiger partial charge in [-0.15, -0.1) is 0 Å². The first-order valence-corrected chi connectivity index (χ1v) is 13.1.